The van der Waals surface area contributed by atoms with Crippen LogP contribution in [0.5, 0.6) is 5.75 Å². The summed E-state index contributed by atoms with van der Waals surface area (Å²) in [6.45, 7) is 1.26. The van der Waals surface area contributed by atoms with Gasteiger partial charge in [-0.3, -0.25) is 9.69 Å². The molecule has 0 heterocycles. The van der Waals surface area contributed by atoms with Crippen LogP contribution in [0, 0.1) is 0 Å². The summed E-state index contributed by atoms with van der Waals surface area (Å²) < 4.78 is 5.07. The number of rotatable bonds is 8. The molecule has 0 aliphatic rings. The van der Waals surface area contributed by atoms with E-state index in [1.54, 1.807) is 7.11 Å². The van der Waals surface area contributed by atoms with Gasteiger partial charge in [-0.2, -0.15) is 0 Å². The molecule has 0 bridgehead atoms. The fraction of sp³-hybridized carbons (Fsp3) is 0.429. The highest BCUT2D eigenvalue weighted by molar-refractivity contribution is 5.84. The SMILES string of the molecule is COc1ccc(CCNC(=O)N(C=O)CCCN)cc1. The molecule has 3 amide bonds. The molecule has 1 aromatic carbocycles. The molecule has 0 aromatic heterocycles. The fourth-order valence-corrected chi connectivity index (χ4v) is 1.67. The van der Waals surface area contributed by atoms with Crippen LogP contribution in [0.4, 0.5) is 4.79 Å². The third-order valence-corrected chi connectivity index (χ3v) is 2.84. The molecule has 0 unspecified atom stereocenters. The van der Waals surface area contributed by atoms with Crippen LogP contribution in [0.2, 0.25) is 0 Å². The van der Waals surface area contributed by atoms with Gasteiger partial charge in [0.2, 0.25) is 6.41 Å². The van der Waals surface area contributed by atoms with Crippen LogP contribution >= 0.6 is 0 Å². The predicted octanol–water partition coefficient (Wildman–Crippen LogP) is 0.754. The van der Waals surface area contributed by atoms with Crippen molar-refractivity contribution in [1.82, 2.24) is 10.2 Å². The summed E-state index contributed by atoms with van der Waals surface area (Å²) in [5.41, 5.74) is 6.44. The quantitative estimate of drug-likeness (QED) is 0.688. The van der Waals surface area contributed by atoms with Gasteiger partial charge in [0.05, 0.1) is 7.11 Å². The average Bonchev–Trinajstić information content (AvgIpc) is 2.48. The minimum atomic E-state index is -0.387. The van der Waals surface area contributed by atoms with E-state index >= 15 is 0 Å². The zero-order chi connectivity index (χ0) is 14.8. The third-order valence-electron chi connectivity index (χ3n) is 2.84. The van der Waals surface area contributed by atoms with Gasteiger partial charge in [0, 0.05) is 13.1 Å². The van der Waals surface area contributed by atoms with Crippen molar-refractivity contribution in [3.8, 4) is 5.75 Å². The maximum atomic E-state index is 11.7. The van der Waals surface area contributed by atoms with Crippen LogP contribution in [0.25, 0.3) is 0 Å². The lowest BCUT2D eigenvalue weighted by Crippen LogP contribution is -2.40. The first kappa shape index (κ1) is 16.0. The van der Waals surface area contributed by atoms with E-state index in [1.165, 1.54) is 0 Å². The molecular weight excluding hydrogens is 258 g/mol. The number of carbonyl (C=O) groups excluding carboxylic acids is 2. The molecule has 6 nitrogen and oxygen atoms in total. The number of methoxy groups -OCH3 is 1. The summed E-state index contributed by atoms with van der Waals surface area (Å²) in [6, 6.07) is 7.24. The normalized spacial score (nSPS) is 9.90. The lowest BCUT2D eigenvalue weighted by atomic mass is 10.1. The molecule has 0 fully saturated rings. The Hall–Kier alpha value is -2.08. The molecule has 0 saturated heterocycles. The van der Waals surface area contributed by atoms with E-state index in [9.17, 15) is 9.59 Å². The van der Waals surface area contributed by atoms with Crippen LogP contribution in [0.15, 0.2) is 24.3 Å². The van der Waals surface area contributed by atoms with E-state index in [2.05, 4.69) is 5.32 Å². The summed E-state index contributed by atoms with van der Waals surface area (Å²) in [5, 5.41) is 2.70. The second-order valence-corrected chi connectivity index (χ2v) is 4.27. The molecule has 0 saturated carbocycles. The second-order valence-electron chi connectivity index (χ2n) is 4.27. The number of benzene rings is 1. The zero-order valence-corrected chi connectivity index (χ0v) is 11.7. The Bertz CT molecular complexity index is 420. The first-order valence-electron chi connectivity index (χ1n) is 6.54. The van der Waals surface area contributed by atoms with Crippen molar-refractivity contribution in [2.45, 2.75) is 12.8 Å². The van der Waals surface area contributed by atoms with Crippen LogP contribution in [0.3, 0.4) is 0 Å². The Morgan fingerprint density at radius 1 is 1.40 bits per heavy atom. The van der Waals surface area contributed by atoms with Crippen LogP contribution in [-0.2, 0) is 11.2 Å². The summed E-state index contributed by atoms with van der Waals surface area (Å²) in [5.74, 6) is 0.798. The zero-order valence-electron chi connectivity index (χ0n) is 11.7. The maximum Gasteiger partial charge on any atom is 0.323 e. The molecule has 0 atom stereocenters. The van der Waals surface area contributed by atoms with Crippen molar-refractivity contribution in [1.29, 1.82) is 0 Å². The predicted molar refractivity (Wildman–Crippen MR) is 76.5 cm³/mol. The number of nitrogens with zero attached hydrogens (tertiary/aromatic N) is 1. The Labute approximate surface area is 118 Å². The Morgan fingerprint density at radius 2 is 2.10 bits per heavy atom. The number of hydrogen-bond acceptors (Lipinski definition) is 4. The molecule has 0 aliphatic heterocycles. The van der Waals surface area contributed by atoms with Crippen molar-refractivity contribution in [3.63, 3.8) is 0 Å². The fourth-order valence-electron chi connectivity index (χ4n) is 1.67. The number of amides is 3. The summed E-state index contributed by atoms with van der Waals surface area (Å²) in [6.07, 6.45) is 1.82. The van der Waals surface area contributed by atoms with Crippen molar-refractivity contribution < 1.29 is 14.3 Å². The molecule has 110 valence electrons. The lowest BCUT2D eigenvalue weighted by molar-refractivity contribution is -0.115. The number of nitrogens with two attached hydrogens (primary N) is 1. The maximum absolute atomic E-state index is 11.7. The molecule has 0 radical (unpaired) electrons. The van der Waals surface area contributed by atoms with E-state index in [0.717, 1.165) is 16.2 Å². The van der Waals surface area contributed by atoms with Gasteiger partial charge in [-0.1, -0.05) is 12.1 Å². The molecular formula is C14H21N3O3. The van der Waals surface area contributed by atoms with Crippen molar-refractivity contribution in [2.24, 2.45) is 5.73 Å². The number of ether oxygens (including phenoxy) is 1. The summed E-state index contributed by atoms with van der Waals surface area (Å²) in [4.78, 5) is 23.6. The van der Waals surface area contributed by atoms with Crippen LogP contribution < -0.4 is 15.8 Å². The minimum Gasteiger partial charge on any atom is -0.497 e. The number of carbonyl (C=O) groups is 2. The number of hydrogen-bond donors (Lipinski definition) is 2. The van der Waals surface area contributed by atoms with Crippen molar-refractivity contribution in [3.05, 3.63) is 29.8 Å². The second kappa shape index (κ2) is 8.92. The van der Waals surface area contributed by atoms with E-state index in [0.29, 0.717) is 38.9 Å². The van der Waals surface area contributed by atoms with Crippen molar-refractivity contribution in [2.75, 3.05) is 26.7 Å². The van der Waals surface area contributed by atoms with E-state index < -0.39 is 0 Å². The molecule has 6 heteroatoms. The highest BCUT2D eigenvalue weighted by Crippen LogP contribution is 2.11. The Kier molecular flexibility index (Phi) is 7.13. The molecule has 0 spiro atoms. The van der Waals surface area contributed by atoms with E-state index in [-0.39, 0.29) is 6.03 Å². The minimum absolute atomic E-state index is 0.342. The average molecular weight is 279 g/mol. The smallest absolute Gasteiger partial charge is 0.323 e. The molecule has 20 heavy (non-hydrogen) atoms. The van der Waals surface area contributed by atoms with Gasteiger partial charge < -0.3 is 15.8 Å². The van der Waals surface area contributed by atoms with E-state index in [1.807, 2.05) is 24.3 Å². The first-order chi connectivity index (χ1) is 9.71. The Balaban J connectivity index is 2.34. The highest BCUT2D eigenvalue weighted by atomic mass is 16.5. The third kappa shape index (κ3) is 5.27. The van der Waals surface area contributed by atoms with Gasteiger partial charge in [0.25, 0.3) is 0 Å². The number of imide groups is 1. The topological polar surface area (TPSA) is 84.7 Å². The van der Waals surface area contributed by atoms with Gasteiger partial charge in [0.1, 0.15) is 5.75 Å². The molecule has 0 aliphatic carbocycles. The number of urea groups is 1. The summed E-state index contributed by atoms with van der Waals surface area (Å²) in [7, 11) is 1.62. The van der Waals surface area contributed by atoms with Gasteiger partial charge in [-0.25, -0.2) is 4.79 Å². The molecule has 1 aromatic rings. The Morgan fingerprint density at radius 3 is 2.65 bits per heavy atom. The van der Waals surface area contributed by atoms with Crippen LogP contribution in [0.1, 0.15) is 12.0 Å². The van der Waals surface area contributed by atoms with Crippen LogP contribution in [-0.4, -0.2) is 44.1 Å². The standard InChI is InChI=1S/C14H21N3O3/c1-20-13-5-3-12(4-6-13)7-9-16-14(19)17(11-18)10-2-8-15/h3-6,11H,2,7-10,15H2,1H3,(H,16,19). The molecule has 3 N–H and O–H groups in total. The first-order valence-corrected chi connectivity index (χ1v) is 6.54. The summed E-state index contributed by atoms with van der Waals surface area (Å²) >= 11 is 0. The van der Waals surface area contributed by atoms with Crippen molar-refractivity contribution >= 4 is 12.4 Å². The lowest BCUT2D eigenvalue weighted by Gasteiger charge is -2.15. The highest BCUT2D eigenvalue weighted by Gasteiger charge is 2.10. The monoisotopic (exact) mass is 279 g/mol. The van der Waals surface area contributed by atoms with Gasteiger partial charge in [-0.15, -0.1) is 0 Å². The molecule has 1 rings (SSSR count). The van der Waals surface area contributed by atoms with Gasteiger partial charge >= 0.3 is 6.03 Å². The largest absolute Gasteiger partial charge is 0.497 e. The van der Waals surface area contributed by atoms with E-state index in [4.69, 9.17) is 10.5 Å². The van der Waals surface area contributed by atoms with Gasteiger partial charge in [0.15, 0.2) is 0 Å². The number of nitrogens with one attached hydrogen (secondary N) is 1. The van der Waals surface area contributed by atoms with Gasteiger partial charge in [-0.05, 0) is 37.1 Å².